The lowest BCUT2D eigenvalue weighted by molar-refractivity contribution is -0.0857. The molecular formula is C12H8F9N3O3. The largest absolute Gasteiger partial charge is 0.411 e. The highest BCUT2D eigenvalue weighted by Gasteiger charge is 2.42. The van der Waals surface area contributed by atoms with E-state index in [1.165, 1.54) is 0 Å². The first-order valence-corrected chi connectivity index (χ1v) is 6.42. The van der Waals surface area contributed by atoms with Crippen LogP contribution in [0.1, 0.15) is 0 Å². The molecule has 1 aliphatic rings. The molecule has 1 aliphatic heterocycles. The van der Waals surface area contributed by atoms with Gasteiger partial charge in [0.2, 0.25) is 6.35 Å². The van der Waals surface area contributed by atoms with E-state index in [1.54, 1.807) is 0 Å². The number of rotatable bonds is 3. The molecule has 1 fully saturated rings. The molecule has 0 radical (unpaired) electrons. The smallest absolute Gasteiger partial charge is 0.356 e. The number of carbonyl (C=O) groups excluding carboxylic acids is 2. The molecular weight excluding hydrogens is 405 g/mol. The van der Waals surface area contributed by atoms with Crippen molar-refractivity contribution < 1.29 is 54.2 Å². The van der Waals surface area contributed by atoms with Gasteiger partial charge in [-0.05, 0) is 0 Å². The SMILES string of the molecule is O=C1N(/C=C/C(F)(F)F)C(=O)N(/C=C/C(F)(F)F)C(O)N1/C=C\C(F)(F)F. The molecule has 6 nitrogen and oxygen atoms in total. The summed E-state index contributed by atoms with van der Waals surface area (Å²) in [6.07, 6.45) is -20.2. The minimum atomic E-state index is -5.06. The Hall–Kier alpha value is -2.71. The summed E-state index contributed by atoms with van der Waals surface area (Å²) in [7, 11) is 0. The van der Waals surface area contributed by atoms with E-state index in [2.05, 4.69) is 0 Å². The second kappa shape index (κ2) is 7.50. The number of hydrogen-bond acceptors (Lipinski definition) is 3. The Morgan fingerprint density at radius 1 is 0.667 bits per heavy atom. The van der Waals surface area contributed by atoms with Crippen LogP contribution < -0.4 is 0 Å². The van der Waals surface area contributed by atoms with Crippen LogP contribution in [0.25, 0.3) is 0 Å². The van der Waals surface area contributed by atoms with E-state index in [0.29, 0.717) is 0 Å². The van der Waals surface area contributed by atoms with E-state index < -0.39 is 60.1 Å². The third-order valence-corrected chi connectivity index (χ3v) is 2.61. The zero-order chi connectivity index (χ0) is 21.2. The normalized spacial score (nSPS) is 20.8. The molecule has 0 saturated carbocycles. The predicted molar refractivity (Wildman–Crippen MR) is 67.9 cm³/mol. The maximum atomic E-state index is 12.2. The van der Waals surface area contributed by atoms with Crippen molar-refractivity contribution in [2.24, 2.45) is 0 Å². The summed E-state index contributed by atoms with van der Waals surface area (Å²) in [5.41, 5.74) is 0. The maximum absolute atomic E-state index is 12.2. The van der Waals surface area contributed by atoms with Crippen molar-refractivity contribution in [1.29, 1.82) is 0 Å². The summed E-state index contributed by atoms with van der Waals surface area (Å²) in [6.45, 7) is 0. The van der Waals surface area contributed by atoms with Crippen LogP contribution in [0.15, 0.2) is 36.8 Å². The Morgan fingerprint density at radius 2 is 0.963 bits per heavy atom. The van der Waals surface area contributed by atoms with Crippen molar-refractivity contribution >= 4 is 12.1 Å². The van der Waals surface area contributed by atoms with Crippen LogP contribution in [0.5, 0.6) is 0 Å². The van der Waals surface area contributed by atoms with E-state index in [4.69, 9.17) is 0 Å². The fourth-order valence-electron chi connectivity index (χ4n) is 1.56. The highest BCUT2D eigenvalue weighted by molar-refractivity contribution is 5.98. The van der Waals surface area contributed by atoms with Gasteiger partial charge in [-0.2, -0.15) is 39.5 Å². The molecule has 152 valence electrons. The van der Waals surface area contributed by atoms with Gasteiger partial charge in [-0.15, -0.1) is 0 Å². The summed E-state index contributed by atoms with van der Waals surface area (Å²) in [5.74, 6) is 0. The van der Waals surface area contributed by atoms with Gasteiger partial charge < -0.3 is 5.11 Å². The molecule has 1 N–H and O–H groups in total. The van der Waals surface area contributed by atoms with E-state index in [9.17, 15) is 54.2 Å². The Morgan fingerprint density at radius 3 is 1.26 bits per heavy atom. The van der Waals surface area contributed by atoms with Crippen molar-refractivity contribution in [1.82, 2.24) is 14.7 Å². The summed E-state index contributed by atoms with van der Waals surface area (Å²) in [6, 6.07) is -3.74. The van der Waals surface area contributed by atoms with E-state index in [0.717, 1.165) is 0 Å². The number of urea groups is 2. The van der Waals surface area contributed by atoms with Crippen molar-refractivity contribution in [3.63, 3.8) is 0 Å². The molecule has 0 aromatic carbocycles. The molecule has 1 rings (SSSR count). The van der Waals surface area contributed by atoms with Crippen LogP contribution in [-0.2, 0) is 0 Å². The first kappa shape index (κ1) is 22.3. The van der Waals surface area contributed by atoms with Gasteiger partial charge in [0, 0.05) is 36.8 Å². The van der Waals surface area contributed by atoms with Crippen LogP contribution in [0, 0.1) is 0 Å². The van der Waals surface area contributed by atoms with Crippen molar-refractivity contribution in [3.05, 3.63) is 36.8 Å². The van der Waals surface area contributed by atoms with Gasteiger partial charge in [0.25, 0.3) is 0 Å². The molecule has 0 bridgehead atoms. The van der Waals surface area contributed by atoms with Crippen molar-refractivity contribution in [2.45, 2.75) is 24.9 Å². The van der Waals surface area contributed by atoms with Crippen LogP contribution >= 0.6 is 0 Å². The lowest BCUT2D eigenvalue weighted by atomic mass is 10.4. The molecule has 0 aromatic heterocycles. The Kier molecular flexibility index (Phi) is 6.20. The van der Waals surface area contributed by atoms with Crippen LogP contribution in [-0.4, -0.2) is 56.7 Å². The van der Waals surface area contributed by atoms with Gasteiger partial charge in [-0.3, -0.25) is 9.80 Å². The molecule has 27 heavy (non-hydrogen) atoms. The first-order valence-electron chi connectivity index (χ1n) is 6.42. The number of hydrogen-bond donors (Lipinski definition) is 1. The quantitative estimate of drug-likeness (QED) is 0.719. The number of aliphatic hydroxyl groups is 1. The number of carbonyl (C=O) groups is 2. The number of halogens is 9. The molecule has 0 spiro atoms. The molecule has 0 aromatic rings. The standard InChI is InChI=1S/C12H8F9N3O3/c13-10(14,15)1-4-22-7(25)23(5-2-11(16,17)18)9(27)24(8(22)26)6-3-12(19,20)21/h1-7,25H/b4-1-,5-2+,6-3+. The number of alkyl halides is 9. The topological polar surface area (TPSA) is 64.1 Å². The van der Waals surface area contributed by atoms with Crippen LogP contribution in [0.4, 0.5) is 49.1 Å². The minimum absolute atomic E-state index is 0.150. The van der Waals surface area contributed by atoms with Crippen molar-refractivity contribution in [3.8, 4) is 0 Å². The Bertz CT molecular complexity index is 620. The van der Waals surface area contributed by atoms with Gasteiger partial charge in [-0.25, -0.2) is 14.5 Å². The van der Waals surface area contributed by atoms with Crippen LogP contribution in [0.2, 0.25) is 0 Å². The molecule has 15 heteroatoms. The maximum Gasteiger partial charge on any atom is 0.411 e. The van der Waals surface area contributed by atoms with Crippen molar-refractivity contribution in [2.75, 3.05) is 0 Å². The predicted octanol–water partition coefficient (Wildman–Crippen LogP) is 3.65. The average Bonchev–Trinajstić information content (AvgIpc) is 2.43. The lowest BCUT2D eigenvalue weighted by Gasteiger charge is -2.40. The highest BCUT2D eigenvalue weighted by atomic mass is 19.4. The van der Waals surface area contributed by atoms with E-state index in [-0.39, 0.29) is 28.4 Å². The second-order valence-corrected chi connectivity index (χ2v) is 4.67. The molecule has 4 amide bonds. The molecule has 0 aliphatic carbocycles. The van der Waals surface area contributed by atoms with Gasteiger partial charge in [-0.1, -0.05) is 0 Å². The lowest BCUT2D eigenvalue weighted by Crippen LogP contribution is -2.61. The van der Waals surface area contributed by atoms with E-state index in [1.807, 2.05) is 0 Å². The Labute approximate surface area is 144 Å². The monoisotopic (exact) mass is 413 g/mol. The number of aliphatic hydroxyl groups excluding tert-OH is 1. The van der Waals surface area contributed by atoms with Gasteiger partial charge in [0.1, 0.15) is 0 Å². The average molecular weight is 413 g/mol. The van der Waals surface area contributed by atoms with E-state index >= 15 is 0 Å². The first-order chi connectivity index (χ1) is 12.0. The van der Waals surface area contributed by atoms with Gasteiger partial charge in [0.15, 0.2) is 0 Å². The number of imide groups is 1. The minimum Gasteiger partial charge on any atom is -0.356 e. The fraction of sp³-hybridized carbons (Fsp3) is 0.333. The van der Waals surface area contributed by atoms with Gasteiger partial charge >= 0.3 is 30.6 Å². The highest BCUT2D eigenvalue weighted by Crippen LogP contribution is 2.25. The number of amides is 4. The number of nitrogens with zero attached hydrogens (tertiary/aromatic N) is 3. The fourth-order valence-corrected chi connectivity index (χ4v) is 1.56. The molecule has 1 heterocycles. The molecule has 1 saturated heterocycles. The zero-order valence-electron chi connectivity index (χ0n) is 12.5. The zero-order valence-corrected chi connectivity index (χ0v) is 12.5. The summed E-state index contributed by atoms with van der Waals surface area (Å²) < 4.78 is 110. The second-order valence-electron chi connectivity index (χ2n) is 4.67. The summed E-state index contributed by atoms with van der Waals surface area (Å²) in [5, 5.41) is 9.71. The van der Waals surface area contributed by atoms with Crippen LogP contribution in [0.3, 0.4) is 0 Å². The summed E-state index contributed by atoms with van der Waals surface area (Å²) >= 11 is 0. The molecule has 1 atom stereocenters. The molecule has 1 unspecified atom stereocenters. The Balaban J connectivity index is 3.34. The third kappa shape index (κ3) is 6.84. The summed E-state index contributed by atoms with van der Waals surface area (Å²) in [4.78, 5) is 22.8. The third-order valence-electron chi connectivity index (χ3n) is 2.61. The number of allylic oxidation sites excluding steroid dienone is 3. The van der Waals surface area contributed by atoms with Gasteiger partial charge in [0.05, 0.1) is 0 Å².